The van der Waals surface area contributed by atoms with E-state index in [0.29, 0.717) is 5.96 Å². The van der Waals surface area contributed by atoms with E-state index >= 15 is 0 Å². The van der Waals surface area contributed by atoms with Crippen LogP contribution in [0.3, 0.4) is 0 Å². The minimum Gasteiger partial charge on any atom is -0.368 e. The van der Waals surface area contributed by atoms with Gasteiger partial charge in [0.15, 0.2) is 0 Å². The molecule has 76 valence electrons. The number of nitrogens with zero attached hydrogens (tertiary/aromatic N) is 2. The number of nitrogens with two attached hydrogens (primary N) is 2. The number of aryl methyl sites for hydroxylation is 1. The quantitative estimate of drug-likeness (QED) is 0.318. The molecular weight excluding hydrogens is 176 g/mol. The summed E-state index contributed by atoms with van der Waals surface area (Å²) in [6, 6.07) is 8.04. The topological polar surface area (TPSA) is 67.6 Å². The van der Waals surface area contributed by atoms with Crippen molar-refractivity contribution in [3.05, 3.63) is 29.8 Å². The molecule has 0 unspecified atom stereocenters. The molecule has 1 rings (SSSR count). The fourth-order valence-corrected chi connectivity index (χ4v) is 1.34. The van der Waals surface area contributed by atoms with Gasteiger partial charge in [-0.15, -0.1) is 5.10 Å². The Morgan fingerprint density at radius 3 is 2.71 bits per heavy atom. The van der Waals surface area contributed by atoms with E-state index in [-0.39, 0.29) is 0 Å². The molecule has 0 aliphatic heterocycles. The van der Waals surface area contributed by atoms with E-state index in [0.717, 1.165) is 12.2 Å². The third-order valence-corrected chi connectivity index (χ3v) is 2.04. The maximum Gasteiger partial charge on any atom is 0.217 e. The smallest absolute Gasteiger partial charge is 0.217 e. The lowest BCUT2D eigenvalue weighted by molar-refractivity contribution is 1.02. The highest BCUT2D eigenvalue weighted by atomic mass is 15.3. The zero-order valence-electron chi connectivity index (χ0n) is 8.57. The van der Waals surface area contributed by atoms with Gasteiger partial charge in [0.2, 0.25) is 5.96 Å². The van der Waals surface area contributed by atoms with Crippen molar-refractivity contribution in [2.75, 3.05) is 11.4 Å². The zero-order valence-corrected chi connectivity index (χ0v) is 8.57. The molecule has 4 N–H and O–H groups in total. The molecule has 1 aromatic carbocycles. The first-order valence-electron chi connectivity index (χ1n) is 4.56. The fraction of sp³-hybridized carbons (Fsp3) is 0.300. The van der Waals surface area contributed by atoms with Crippen LogP contribution in [0, 0.1) is 6.92 Å². The van der Waals surface area contributed by atoms with Crippen molar-refractivity contribution in [2.24, 2.45) is 16.7 Å². The van der Waals surface area contributed by atoms with Crippen LogP contribution in [0.15, 0.2) is 29.4 Å². The summed E-state index contributed by atoms with van der Waals surface area (Å²) in [5.74, 6) is 5.48. The van der Waals surface area contributed by atoms with E-state index in [4.69, 9.17) is 11.6 Å². The summed E-state index contributed by atoms with van der Waals surface area (Å²) < 4.78 is 0. The van der Waals surface area contributed by atoms with E-state index in [2.05, 4.69) is 5.10 Å². The Labute approximate surface area is 84.2 Å². The zero-order chi connectivity index (χ0) is 10.6. The van der Waals surface area contributed by atoms with Crippen LogP contribution in [0.4, 0.5) is 5.69 Å². The SMILES string of the molecule is CCN(C(N)=NN)c1cccc(C)c1. The molecule has 0 amide bonds. The molecule has 0 fully saturated rings. The van der Waals surface area contributed by atoms with E-state index in [1.807, 2.05) is 43.0 Å². The van der Waals surface area contributed by atoms with Crippen molar-refractivity contribution in [1.29, 1.82) is 0 Å². The summed E-state index contributed by atoms with van der Waals surface area (Å²) in [7, 11) is 0. The summed E-state index contributed by atoms with van der Waals surface area (Å²) >= 11 is 0. The van der Waals surface area contributed by atoms with Crippen molar-refractivity contribution in [1.82, 2.24) is 0 Å². The highest BCUT2D eigenvalue weighted by Gasteiger charge is 2.07. The number of hydrogen-bond donors (Lipinski definition) is 2. The average molecular weight is 192 g/mol. The lowest BCUT2D eigenvalue weighted by Crippen LogP contribution is -2.38. The molecule has 0 bridgehead atoms. The predicted octanol–water partition coefficient (Wildman–Crippen LogP) is 1.01. The number of guanidine groups is 1. The summed E-state index contributed by atoms with van der Waals surface area (Å²) in [5.41, 5.74) is 7.86. The molecule has 0 aromatic heterocycles. The number of hydrogen-bond acceptors (Lipinski definition) is 2. The maximum atomic E-state index is 5.66. The number of rotatable bonds is 2. The van der Waals surface area contributed by atoms with Crippen molar-refractivity contribution in [3.8, 4) is 0 Å². The van der Waals surface area contributed by atoms with Gasteiger partial charge in [-0.05, 0) is 31.5 Å². The van der Waals surface area contributed by atoms with Gasteiger partial charge in [0.05, 0.1) is 0 Å². The third-order valence-electron chi connectivity index (χ3n) is 2.04. The lowest BCUT2D eigenvalue weighted by Gasteiger charge is -2.21. The highest BCUT2D eigenvalue weighted by Crippen LogP contribution is 2.14. The van der Waals surface area contributed by atoms with Crippen LogP contribution in [0.2, 0.25) is 0 Å². The van der Waals surface area contributed by atoms with Crippen molar-refractivity contribution in [2.45, 2.75) is 13.8 Å². The van der Waals surface area contributed by atoms with Crippen LogP contribution >= 0.6 is 0 Å². The molecule has 4 heteroatoms. The van der Waals surface area contributed by atoms with Crippen LogP contribution in [0.5, 0.6) is 0 Å². The van der Waals surface area contributed by atoms with Crippen LogP contribution in [-0.2, 0) is 0 Å². The first-order valence-corrected chi connectivity index (χ1v) is 4.56. The van der Waals surface area contributed by atoms with Crippen LogP contribution in [-0.4, -0.2) is 12.5 Å². The molecular formula is C10H16N4. The molecule has 0 heterocycles. The van der Waals surface area contributed by atoms with Crippen LogP contribution in [0.25, 0.3) is 0 Å². The standard InChI is InChI=1S/C10H16N4/c1-3-14(10(11)13-12)9-6-4-5-8(2)7-9/h4-7H,3,12H2,1-2H3,(H2,11,13). The van der Waals surface area contributed by atoms with Crippen LogP contribution < -0.4 is 16.5 Å². The first-order chi connectivity index (χ1) is 6.69. The van der Waals surface area contributed by atoms with Gasteiger partial charge in [0.25, 0.3) is 0 Å². The summed E-state index contributed by atoms with van der Waals surface area (Å²) in [5, 5.41) is 3.49. The van der Waals surface area contributed by atoms with Gasteiger partial charge < -0.3 is 16.5 Å². The molecule has 0 radical (unpaired) electrons. The fourth-order valence-electron chi connectivity index (χ4n) is 1.34. The molecule has 0 aliphatic rings. The number of benzene rings is 1. The van der Waals surface area contributed by atoms with Gasteiger partial charge in [-0.1, -0.05) is 12.1 Å². The van der Waals surface area contributed by atoms with Gasteiger partial charge in [-0.25, -0.2) is 0 Å². The third kappa shape index (κ3) is 2.16. The van der Waals surface area contributed by atoms with Gasteiger partial charge in [0, 0.05) is 12.2 Å². The van der Waals surface area contributed by atoms with E-state index in [9.17, 15) is 0 Å². The van der Waals surface area contributed by atoms with Crippen molar-refractivity contribution >= 4 is 11.6 Å². The normalized spacial score (nSPS) is 11.4. The van der Waals surface area contributed by atoms with E-state index in [1.54, 1.807) is 0 Å². The molecule has 0 atom stereocenters. The van der Waals surface area contributed by atoms with E-state index in [1.165, 1.54) is 5.56 Å². The summed E-state index contributed by atoms with van der Waals surface area (Å²) in [6.07, 6.45) is 0. The molecule has 0 spiro atoms. The molecule has 0 saturated heterocycles. The summed E-state index contributed by atoms with van der Waals surface area (Å²) in [6.45, 7) is 4.78. The number of anilines is 1. The first kappa shape index (κ1) is 10.4. The number of hydrazone groups is 1. The Kier molecular flexibility index (Phi) is 3.34. The van der Waals surface area contributed by atoms with Gasteiger partial charge >= 0.3 is 0 Å². The Balaban J connectivity index is 3.01. The molecule has 1 aromatic rings. The summed E-state index contributed by atoms with van der Waals surface area (Å²) in [4.78, 5) is 1.85. The van der Waals surface area contributed by atoms with Gasteiger partial charge in [-0.3, -0.25) is 0 Å². The van der Waals surface area contributed by atoms with Gasteiger partial charge in [0.1, 0.15) is 0 Å². The molecule has 14 heavy (non-hydrogen) atoms. The monoisotopic (exact) mass is 192 g/mol. The second kappa shape index (κ2) is 4.50. The largest absolute Gasteiger partial charge is 0.368 e. The Hall–Kier alpha value is -1.71. The second-order valence-corrected chi connectivity index (χ2v) is 3.07. The van der Waals surface area contributed by atoms with Gasteiger partial charge in [-0.2, -0.15) is 0 Å². The second-order valence-electron chi connectivity index (χ2n) is 3.07. The molecule has 4 nitrogen and oxygen atoms in total. The highest BCUT2D eigenvalue weighted by molar-refractivity contribution is 5.94. The lowest BCUT2D eigenvalue weighted by atomic mass is 10.2. The Morgan fingerprint density at radius 2 is 2.21 bits per heavy atom. The van der Waals surface area contributed by atoms with E-state index < -0.39 is 0 Å². The average Bonchev–Trinajstić information content (AvgIpc) is 2.19. The molecule has 0 saturated carbocycles. The minimum atomic E-state index is 0.332. The van der Waals surface area contributed by atoms with Crippen LogP contribution in [0.1, 0.15) is 12.5 Å². The Bertz CT molecular complexity index is 333. The Morgan fingerprint density at radius 1 is 1.50 bits per heavy atom. The predicted molar refractivity (Wildman–Crippen MR) is 60.0 cm³/mol. The molecule has 0 aliphatic carbocycles. The minimum absolute atomic E-state index is 0.332. The van der Waals surface area contributed by atoms with Crippen molar-refractivity contribution in [3.63, 3.8) is 0 Å². The maximum absolute atomic E-state index is 5.66. The van der Waals surface area contributed by atoms with Crippen molar-refractivity contribution < 1.29 is 0 Å².